The second-order valence-corrected chi connectivity index (χ2v) is 4.20. The second kappa shape index (κ2) is 5.42. The largest absolute Gasteiger partial charge is 0.434 e. The summed E-state index contributed by atoms with van der Waals surface area (Å²) in [5, 5.41) is 3.36. The lowest BCUT2D eigenvalue weighted by atomic mass is 10.3. The van der Waals surface area contributed by atoms with Crippen molar-refractivity contribution in [3.05, 3.63) is 46.2 Å². The highest BCUT2D eigenvalue weighted by molar-refractivity contribution is 6.36. The minimum absolute atomic E-state index is 0.0521. The number of hydrogen-bond donors (Lipinski definition) is 1. The standard InChI is InChI=1S/C12H9Cl2FN2O/c1-16-11-7(13)6-8(14)12(17-11)18-10-5-3-2-4-9(10)15/h2-6H,1H3,(H,16,17). The number of hydrogen-bond acceptors (Lipinski definition) is 3. The SMILES string of the molecule is CNc1nc(Oc2ccccc2F)c(Cl)cc1Cl. The van der Waals surface area contributed by atoms with Crippen LogP contribution in [-0.4, -0.2) is 12.0 Å². The van der Waals surface area contributed by atoms with Crippen molar-refractivity contribution < 1.29 is 9.13 Å². The van der Waals surface area contributed by atoms with Crippen molar-refractivity contribution in [2.24, 2.45) is 0 Å². The maximum absolute atomic E-state index is 13.4. The Bertz CT molecular complexity index is 578. The van der Waals surface area contributed by atoms with E-state index in [0.29, 0.717) is 10.8 Å². The molecule has 0 radical (unpaired) electrons. The van der Waals surface area contributed by atoms with E-state index >= 15 is 0 Å². The average molecular weight is 287 g/mol. The Morgan fingerprint density at radius 1 is 1.22 bits per heavy atom. The third-order valence-corrected chi connectivity index (χ3v) is 2.74. The lowest BCUT2D eigenvalue weighted by molar-refractivity contribution is 0.428. The molecule has 0 aliphatic carbocycles. The zero-order chi connectivity index (χ0) is 13.1. The summed E-state index contributed by atoms with van der Waals surface area (Å²) in [6.45, 7) is 0. The summed E-state index contributed by atoms with van der Waals surface area (Å²) in [6, 6.07) is 7.48. The topological polar surface area (TPSA) is 34.2 Å². The molecule has 0 bridgehead atoms. The van der Waals surface area contributed by atoms with Crippen LogP contribution < -0.4 is 10.1 Å². The highest BCUT2D eigenvalue weighted by Crippen LogP contribution is 2.33. The van der Waals surface area contributed by atoms with Gasteiger partial charge in [-0.25, -0.2) is 4.39 Å². The first-order valence-corrected chi connectivity index (χ1v) is 5.83. The molecule has 0 fully saturated rings. The Balaban J connectivity index is 2.38. The van der Waals surface area contributed by atoms with Crippen LogP contribution in [0.4, 0.5) is 10.2 Å². The zero-order valence-corrected chi connectivity index (χ0v) is 10.9. The first-order valence-electron chi connectivity index (χ1n) is 5.08. The van der Waals surface area contributed by atoms with E-state index in [-0.39, 0.29) is 16.7 Å². The quantitative estimate of drug-likeness (QED) is 0.910. The van der Waals surface area contributed by atoms with Crippen molar-refractivity contribution in [3.63, 3.8) is 0 Å². The molecular weight excluding hydrogens is 278 g/mol. The smallest absolute Gasteiger partial charge is 0.240 e. The van der Waals surface area contributed by atoms with E-state index in [1.807, 2.05) is 0 Å². The van der Waals surface area contributed by atoms with Crippen molar-refractivity contribution in [2.45, 2.75) is 0 Å². The third kappa shape index (κ3) is 2.66. The van der Waals surface area contributed by atoms with Crippen molar-refractivity contribution in [3.8, 4) is 11.6 Å². The van der Waals surface area contributed by atoms with Crippen LogP contribution in [0, 0.1) is 5.82 Å². The maximum atomic E-state index is 13.4. The van der Waals surface area contributed by atoms with Crippen LogP contribution in [0.15, 0.2) is 30.3 Å². The highest BCUT2D eigenvalue weighted by Gasteiger charge is 2.12. The fourth-order valence-electron chi connectivity index (χ4n) is 1.33. The van der Waals surface area contributed by atoms with E-state index in [4.69, 9.17) is 27.9 Å². The summed E-state index contributed by atoms with van der Waals surface area (Å²) in [4.78, 5) is 4.06. The number of aromatic nitrogens is 1. The molecule has 0 atom stereocenters. The van der Waals surface area contributed by atoms with Crippen molar-refractivity contribution in [2.75, 3.05) is 12.4 Å². The van der Waals surface area contributed by atoms with Crippen LogP contribution in [0.3, 0.4) is 0 Å². The summed E-state index contributed by atoms with van der Waals surface area (Å²) >= 11 is 11.8. The average Bonchev–Trinajstić information content (AvgIpc) is 2.35. The van der Waals surface area contributed by atoms with E-state index in [2.05, 4.69) is 10.3 Å². The minimum atomic E-state index is -0.490. The Morgan fingerprint density at radius 3 is 2.61 bits per heavy atom. The van der Waals surface area contributed by atoms with Gasteiger partial charge in [-0.2, -0.15) is 4.98 Å². The van der Waals surface area contributed by atoms with Crippen LogP contribution in [-0.2, 0) is 0 Å². The Kier molecular flexibility index (Phi) is 3.89. The molecule has 0 aliphatic heterocycles. The number of halogens is 3. The van der Waals surface area contributed by atoms with Gasteiger partial charge in [0, 0.05) is 7.05 Å². The fraction of sp³-hybridized carbons (Fsp3) is 0.0833. The van der Waals surface area contributed by atoms with Crippen molar-refractivity contribution in [1.29, 1.82) is 0 Å². The molecule has 1 aromatic heterocycles. The number of nitrogens with zero attached hydrogens (tertiary/aromatic N) is 1. The van der Waals surface area contributed by atoms with E-state index < -0.39 is 5.82 Å². The lowest BCUT2D eigenvalue weighted by Crippen LogP contribution is -1.97. The summed E-state index contributed by atoms with van der Waals surface area (Å²) in [6.07, 6.45) is 0. The molecule has 0 amide bonds. The van der Waals surface area contributed by atoms with Gasteiger partial charge in [0.1, 0.15) is 10.8 Å². The van der Waals surface area contributed by atoms with Crippen molar-refractivity contribution in [1.82, 2.24) is 4.98 Å². The summed E-state index contributed by atoms with van der Waals surface area (Å²) < 4.78 is 18.8. The summed E-state index contributed by atoms with van der Waals surface area (Å²) in [7, 11) is 1.66. The predicted molar refractivity (Wildman–Crippen MR) is 70.3 cm³/mol. The molecule has 3 nitrogen and oxygen atoms in total. The molecule has 94 valence electrons. The summed E-state index contributed by atoms with van der Waals surface area (Å²) in [5.74, 6) is 0.0653. The van der Waals surface area contributed by atoms with Crippen LogP contribution in [0.2, 0.25) is 10.0 Å². The molecular formula is C12H9Cl2FN2O. The Morgan fingerprint density at radius 2 is 1.94 bits per heavy atom. The fourth-order valence-corrected chi connectivity index (χ4v) is 1.82. The van der Waals surface area contributed by atoms with Crippen LogP contribution >= 0.6 is 23.2 Å². The molecule has 2 rings (SSSR count). The van der Waals surface area contributed by atoms with Gasteiger partial charge in [0.15, 0.2) is 11.6 Å². The van der Waals surface area contributed by atoms with E-state index in [1.54, 1.807) is 19.2 Å². The molecule has 1 heterocycles. The molecule has 0 saturated carbocycles. The zero-order valence-electron chi connectivity index (χ0n) is 9.38. The molecule has 0 aliphatic rings. The number of ether oxygens (including phenoxy) is 1. The first-order chi connectivity index (χ1) is 8.61. The van der Waals surface area contributed by atoms with Gasteiger partial charge >= 0.3 is 0 Å². The van der Waals surface area contributed by atoms with Crippen molar-refractivity contribution >= 4 is 29.0 Å². The monoisotopic (exact) mass is 286 g/mol. The Hall–Kier alpha value is -1.52. The molecule has 0 saturated heterocycles. The number of rotatable bonds is 3. The van der Waals surface area contributed by atoms with Gasteiger partial charge in [-0.1, -0.05) is 35.3 Å². The Labute approximate surface area is 114 Å². The molecule has 1 aromatic carbocycles. The molecule has 0 spiro atoms. The number of pyridine rings is 1. The summed E-state index contributed by atoms with van der Waals surface area (Å²) in [5.41, 5.74) is 0. The van der Waals surface area contributed by atoms with Crippen LogP contribution in [0.25, 0.3) is 0 Å². The van der Waals surface area contributed by atoms with Gasteiger partial charge in [0.2, 0.25) is 5.88 Å². The molecule has 0 unspecified atom stereocenters. The van der Waals surface area contributed by atoms with Gasteiger partial charge in [0.05, 0.1) is 5.02 Å². The van der Waals surface area contributed by atoms with E-state index in [0.717, 1.165) is 0 Å². The normalized spacial score (nSPS) is 10.2. The third-order valence-electron chi connectivity index (χ3n) is 2.18. The van der Waals surface area contributed by atoms with Gasteiger partial charge in [-0.05, 0) is 18.2 Å². The minimum Gasteiger partial charge on any atom is -0.434 e. The molecule has 1 N–H and O–H groups in total. The first kappa shape index (κ1) is 12.9. The molecule has 18 heavy (non-hydrogen) atoms. The lowest BCUT2D eigenvalue weighted by Gasteiger charge is -2.10. The van der Waals surface area contributed by atoms with E-state index in [1.165, 1.54) is 18.2 Å². The molecule has 2 aromatic rings. The number of para-hydroxylation sites is 1. The highest BCUT2D eigenvalue weighted by atomic mass is 35.5. The van der Waals surface area contributed by atoms with Gasteiger partial charge < -0.3 is 10.1 Å². The van der Waals surface area contributed by atoms with Crippen LogP contribution in [0.1, 0.15) is 0 Å². The predicted octanol–water partition coefficient (Wildman–Crippen LogP) is 4.36. The number of benzene rings is 1. The second-order valence-electron chi connectivity index (χ2n) is 3.39. The molecule has 6 heteroatoms. The number of anilines is 1. The number of nitrogens with one attached hydrogen (secondary N) is 1. The van der Waals surface area contributed by atoms with Gasteiger partial charge in [-0.15, -0.1) is 0 Å². The van der Waals surface area contributed by atoms with Crippen LogP contribution in [0.5, 0.6) is 11.6 Å². The van der Waals surface area contributed by atoms with Gasteiger partial charge in [-0.3, -0.25) is 0 Å². The maximum Gasteiger partial charge on any atom is 0.240 e. The van der Waals surface area contributed by atoms with Gasteiger partial charge in [0.25, 0.3) is 0 Å². The van der Waals surface area contributed by atoms with E-state index in [9.17, 15) is 4.39 Å².